The van der Waals surface area contributed by atoms with Crippen LogP contribution in [-0.4, -0.2) is 28.4 Å². The summed E-state index contributed by atoms with van der Waals surface area (Å²) in [6.07, 6.45) is 2.89. The van der Waals surface area contributed by atoms with E-state index in [0.29, 0.717) is 27.9 Å². The van der Waals surface area contributed by atoms with Gasteiger partial charge in [-0.05, 0) is 36.4 Å². The normalized spacial score (nSPS) is 10.7. The summed E-state index contributed by atoms with van der Waals surface area (Å²) in [5, 5.41) is 3.22. The molecule has 0 aliphatic heterocycles. The summed E-state index contributed by atoms with van der Waals surface area (Å²) in [6.45, 7) is 0.0332. The number of anilines is 1. The van der Waals surface area contributed by atoms with Crippen LogP contribution in [-0.2, 0) is 17.9 Å². The molecule has 0 saturated carbocycles. The number of rotatable bonds is 6. The highest BCUT2D eigenvalue weighted by molar-refractivity contribution is 6.04. The first kappa shape index (κ1) is 20.1. The number of furan rings is 1. The Hall–Kier alpha value is -4.20. The number of fused-ring (bicyclic) bond motifs is 1. The first-order valence-electron chi connectivity index (χ1n) is 9.65. The molecule has 0 saturated heterocycles. The van der Waals surface area contributed by atoms with E-state index >= 15 is 0 Å². The van der Waals surface area contributed by atoms with E-state index in [1.54, 1.807) is 67.7 Å². The Balaban J connectivity index is 1.53. The van der Waals surface area contributed by atoms with Gasteiger partial charge in [-0.3, -0.25) is 19.0 Å². The number of carbonyl (C=O) groups excluding carboxylic acids is 2. The third-order valence-corrected chi connectivity index (χ3v) is 4.92. The maximum Gasteiger partial charge on any atom is 0.261 e. The zero-order chi connectivity index (χ0) is 21.8. The molecule has 0 spiro atoms. The van der Waals surface area contributed by atoms with Crippen LogP contribution in [0.15, 0.2) is 82.5 Å². The molecule has 0 aliphatic carbocycles. The van der Waals surface area contributed by atoms with Gasteiger partial charge < -0.3 is 14.6 Å². The number of para-hydroxylation sites is 2. The van der Waals surface area contributed by atoms with Crippen LogP contribution >= 0.6 is 0 Å². The van der Waals surface area contributed by atoms with E-state index in [0.717, 1.165) is 0 Å². The van der Waals surface area contributed by atoms with Gasteiger partial charge in [-0.1, -0.05) is 24.3 Å². The molecule has 0 aliphatic rings. The van der Waals surface area contributed by atoms with E-state index in [9.17, 15) is 14.4 Å². The van der Waals surface area contributed by atoms with Crippen molar-refractivity contribution in [2.45, 2.75) is 13.1 Å². The fourth-order valence-corrected chi connectivity index (χ4v) is 3.24. The van der Waals surface area contributed by atoms with Crippen molar-refractivity contribution in [2.75, 3.05) is 11.9 Å². The fourth-order valence-electron chi connectivity index (χ4n) is 3.24. The van der Waals surface area contributed by atoms with Gasteiger partial charge in [-0.2, -0.15) is 0 Å². The highest BCUT2D eigenvalue weighted by Gasteiger charge is 2.19. The monoisotopic (exact) mass is 416 g/mol. The van der Waals surface area contributed by atoms with E-state index in [2.05, 4.69) is 10.3 Å². The number of hydrogen-bond donors (Lipinski definition) is 1. The summed E-state index contributed by atoms with van der Waals surface area (Å²) in [5.41, 5.74) is 1.06. The van der Waals surface area contributed by atoms with Crippen molar-refractivity contribution in [3.63, 3.8) is 0 Å². The van der Waals surface area contributed by atoms with Crippen LogP contribution in [0.25, 0.3) is 10.9 Å². The van der Waals surface area contributed by atoms with Gasteiger partial charge in [0.2, 0.25) is 5.91 Å². The molecule has 0 fully saturated rings. The maximum atomic E-state index is 12.9. The lowest BCUT2D eigenvalue weighted by Gasteiger charge is -2.21. The van der Waals surface area contributed by atoms with Crippen molar-refractivity contribution >= 4 is 28.4 Å². The van der Waals surface area contributed by atoms with Crippen LogP contribution in [0.4, 0.5) is 5.69 Å². The lowest BCUT2D eigenvalue weighted by atomic mass is 10.1. The molecule has 4 aromatic rings. The van der Waals surface area contributed by atoms with Crippen molar-refractivity contribution in [1.29, 1.82) is 0 Å². The van der Waals surface area contributed by atoms with Crippen molar-refractivity contribution in [3.05, 3.63) is 94.9 Å². The molecule has 8 heteroatoms. The van der Waals surface area contributed by atoms with E-state index in [1.165, 1.54) is 22.1 Å². The average molecular weight is 416 g/mol. The minimum absolute atomic E-state index is 0.199. The summed E-state index contributed by atoms with van der Waals surface area (Å²) < 4.78 is 6.49. The Morgan fingerprint density at radius 3 is 2.65 bits per heavy atom. The first-order chi connectivity index (χ1) is 15.0. The van der Waals surface area contributed by atoms with Crippen LogP contribution in [0.2, 0.25) is 0 Å². The molecule has 31 heavy (non-hydrogen) atoms. The van der Waals surface area contributed by atoms with Crippen molar-refractivity contribution < 1.29 is 14.0 Å². The molecule has 2 aromatic heterocycles. The lowest BCUT2D eigenvalue weighted by Crippen LogP contribution is -2.35. The van der Waals surface area contributed by atoms with Crippen LogP contribution in [0.5, 0.6) is 0 Å². The van der Waals surface area contributed by atoms with E-state index < -0.39 is 0 Å². The molecule has 156 valence electrons. The Morgan fingerprint density at radius 1 is 1.06 bits per heavy atom. The molecule has 0 atom stereocenters. The molecule has 4 rings (SSSR count). The molecule has 1 N–H and O–H groups in total. The van der Waals surface area contributed by atoms with Crippen LogP contribution < -0.4 is 15.8 Å². The highest BCUT2D eigenvalue weighted by atomic mass is 16.3. The largest absolute Gasteiger partial charge is 0.467 e. The fraction of sp³-hybridized carbons (Fsp3) is 0.130. The molecule has 8 nitrogen and oxygen atoms in total. The Kier molecular flexibility index (Phi) is 5.61. The predicted molar refractivity (Wildman–Crippen MR) is 116 cm³/mol. The topological polar surface area (TPSA) is 97.4 Å². The zero-order valence-corrected chi connectivity index (χ0v) is 16.8. The maximum absolute atomic E-state index is 12.9. The van der Waals surface area contributed by atoms with Gasteiger partial charge in [0, 0.05) is 7.05 Å². The van der Waals surface area contributed by atoms with Crippen molar-refractivity contribution in [2.24, 2.45) is 0 Å². The molecule has 0 radical (unpaired) electrons. The Morgan fingerprint density at radius 2 is 1.84 bits per heavy atom. The zero-order valence-electron chi connectivity index (χ0n) is 16.8. The molecule has 0 unspecified atom stereocenters. The first-order valence-corrected chi connectivity index (χ1v) is 9.65. The van der Waals surface area contributed by atoms with Gasteiger partial charge >= 0.3 is 0 Å². The van der Waals surface area contributed by atoms with Gasteiger partial charge in [0.25, 0.3) is 11.5 Å². The number of likely N-dealkylation sites (N-methyl/N-ethyl adjacent to an activating group) is 1. The van der Waals surface area contributed by atoms with Crippen LogP contribution in [0.3, 0.4) is 0 Å². The number of aromatic nitrogens is 2. The second kappa shape index (κ2) is 8.66. The highest BCUT2D eigenvalue weighted by Crippen LogP contribution is 2.20. The van der Waals surface area contributed by atoms with Crippen molar-refractivity contribution in [1.82, 2.24) is 14.9 Å². The van der Waals surface area contributed by atoms with Gasteiger partial charge in [0.05, 0.1) is 41.3 Å². The Bertz CT molecular complexity index is 1290. The molecular formula is C23H20N4O4. The van der Waals surface area contributed by atoms with E-state index in [1.807, 2.05) is 0 Å². The van der Waals surface area contributed by atoms with Gasteiger partial charge in [-0.25, -0.2) is 4.98 Å². The molecule has 2 heterocycles. The summed E-state index contributed by atoms with van der Waals surface area (Å²) >= 11 is 0. The number of amides is 2. The Labute approximate surface area is 177 Å². The second-order valence-electron chi connectivity index (χ2n) is 6.93. The number of hydrogen-bond acceptors (Lipinski definition) is 5. The molecular weight excluding hydrogens is 396 g/mol. The quantitative estimate of drug-likeness (QED) is 0.521. The molecule has 2 amide bonds. The number of nitrogens with zero attached hydrogens (tertiary/aromatic N) is 3. The van der Waals surface area contributed by atoms with Gasteiger partial charge in [0.15, 0.2) is 0 Å². The SMILES string of the molecule is CN(C(=O)Cn1cnc2ccccc2c1=O)c1ccccc1C(=O)NCc1ccco1. The average Bonchev–Trinajstić information content (AvgIpc) is 3.32. The number of benzene rings is 2. The summed E-state index contributed by atoms with van der Waals surface area (Å²) in [7, 11) is 1.57. The number of nitrogens with one attached hydrogen (secondary N) is 1. The minimum Gasteiger partial charge on any atom is -0.467 e. The lowest BCUT2D eigenvalue weighted by molar-refractivity contribution is -0.118. The molecule has 0 bridgehead atoms. The summed E-state index contributed by atoms with van der Waals surface area (Å²) in [6, 6.07) is 17.3. The number of carbonyl (C=O) groups is 2. The van der Waals surface area contributed by atoms with Gasteiger partial charge in [0.1, 0.15) is 12.3 Å². The standard InChI is InChI=1S/C23H20N4O4/c1-26(21(28)14-27-15-25-19-10-4-2-8-17(19)23(27)30)20-11-5-3-9-18(20)22(29)24-13-16-7-6-12-31-16/h2-12,15H,13-14H2,1H3,(H,24,29). The van der Waals surface area contributed by atoms with E-state index in [-0.39, 0.29) is 30.5 Å². The minimum atomic E-state index is -0.356. The van der Waals surface area contributed by atoms with Crippen LogP contribution in [0.1, 0.15) is 16.1 Å². The third kappa shape index (κ3) is 4.23. The second-order valence-corrected chi connectivity index (χ2v) is 6.93. The van der Waals surface area contributed by atoms with Gasteiger partial charge in [-0.15, -0.1) is 0 Å². The molecule has 2 aromatic carbocycles. The van der Waals surface area contributed by atoms with E-state index in [4.69, 9.17) is 4.42 Å². The summed E-state index contributed by atoms with van der Waals surface area (Å²) in [4.78, 5) is 43.9. The third-order valence-electron chi connectivity index (χ3n) is 4.92. The summed E-state index contributed by atoms with van der Waals surface area (Å²) in [5.74, 6) is -0.0694. The van der Waals surface area contributed by atoms with Crippen molar-refractivity contribution in [3.8, 4) is 0 Å². The van der Waals surface area contributed by atoms with Crippen LogP contribution in [0, 0.1) is 0 Å². The smallest absolute Gasteiger partial charge is 0.261 e. The predicted octanol–water partition coefficient (Wildman–Crippen LogP) is 2.58.